The molecule has 0 bridgehead atoms. The highest BCUT2D eigenvalue weighted by Gasteiger charge is 2.26. The Hall–Kier alpha value is -0.900. The van der Waals surface area contributed by atoms with E-state index in [9.17, 15) is 4.79 Å². The minimum absolute atomic E-state index is 0.0260. The topological polar surface area (TPSA) is 41.5 Å². The van der Waals surface area contributed by atoms with Gasteiger partial charge in [-0.3, -0.25) is 9.79 Å². The fourth-order valence-electron chi connectivity index (χ4n) is 1.10. The number of nitrogens with one attached hydrogen (secondary N) is 1. The van der Waals surface area contributed by atoms with Gasteiger partial charge in [-0.1, -0.05) is 0 Å². The number of carbonyl (C=O) groups excluding carboxylic acids is 1. The molecule has 2 aliphatic heterocycles. The second kappa shape index (κ2) is 2.30. The molecule has 0 unspecified atom stereocenters. The van der Waals surface area contributed by atoms with E-state index >= 15 is 0 Å². The highest BCUT2D eigenvalue weighted by atomic mass is 79.9. The maximum absolute atomic E-state index is 11.2. The Kier molecular flexibility index (Phi) is 1.42. The highest BCUT2D eigenvalue weighted by molar-refractivity contribution is 9.12. The molecule has 0 radical (unpaired) electrons. The first-order valence-corrected chi connectivity index (χ1v) is 3.98. The first kappa shape index (κ1) is 6.79. The molecule has 0 saturated carbocycles. The van der Waals surface area contributed by atoms with Crippen molar-refractivity contribution in [1.29, 1.82) is 0 Å². The van der Waals surface area contributed by atoms with Gasteiger partial charge in [-0.05, 0) is 15.9 Å². The predicted octanol–water partition coefficient (Wildman–Crippen LogP) is 0.732. The quantitative estimate of drug-likeness (QED) is 0.644. The second-order valence-electron chi connectivity index (χ2n) is 2.31. The Bertz CT molecular complexity index is 304. The molecule has 0 aliphatic carbocycles. The van der Waals surface area contributed by atoms with Gasteiger partial charge in [0.15, 0.2) is 5.78 Å². The van der Waals surface area contributed by atoms with Gasteiger partial charge in [0.1, 0.15) is 6.17 Å². The summed E-state index contributed by atoms with van der Waals surface area (Å²) >= 11 is 3.26. The Morgan fingerprint density at radius 2 is 2.45 bits per heavy atom. The monoisotopic (exact) mass is 212 g/mol. The van der Waals surface area contributed by atoms with Crippen molar-refractivity contribution in [3.8, 4) is 0 Å². The highest BCUT2D eigenvalue weighted by Crippen LogP contribution is 2.23. The third-order valence-corrected chi connectivity index (χ3v) is 2.25. The van der Waals surface area contributed by atoms with Crippen LogP contribution in [-0.2, 0) is 4.79 Å². The molecule has 2 rings (SSSR count). The van der Waals surface area contributed by atoms with Crippen molar-refractivity contribution in [1.82, 2.24) is 5.32 Å². The summed E-state index contributed by atoms with van der Waals surface area (Å²) in [5.74, 6) is 0.0260. The van der Waals surface area contributed by atoms with Gasteiger partial charge in [0, 0.05) is 23.0 Å². The number of hydrogen-bond donors (Lipinski definition) is 1. The maximum Gasteiger partial charge on any atom is 0.188 e. The number of aliphatic imine (C=N–C) groups is 1. The van der Waals surface area contributed by atoms with Gasteiger partial charge in [0.25, 0.3) is 0 Å². The minimum atomic E-state index is -0.165. The van der Waals surface area contributed by atoms with Gasteiger partial charge < -0.3 is 5.32 Å². The van der Waals surface area contributed by atoms with Gasteiger partial charge in [-0.2, -0.15) is 0 Å². The molecule has 4 heteroatoms. The number of halogens is 1. The SMILES string of the molecule is O=C1C=CN[C@@H]2N=CC(Br)=C12. The van der Waals surface area contributed by atoms with Crippen molar-refractivity contribution < 1.29 is 4.79 Å². The Balaban J connectivity index is 2.48. The van der Waals surface area contributed by atoms with E-state index in [1.54, 1.807) is 12.4 Å². The molecular formula is C7H5BrN2O. The van der Waals surface area contributed by atoms with Crippen LogP contribution in [-0.4, -0.2) is 18.2 Å². The molecule has 0 aromatic carbocycles. The second-order valence-corrected chi connectivity index (χ2v) is 3.16. The Morgan fingerprint density at radius 3 is 3.18 bits per heavy atom. The number of ketones is 1. The summed E-state index contributed by atoms with van der Waals surface area (Å²) in [6.07, 6.45) is 4.61. The van der Waals surface area contributed by atoms with Crippen LogP contribution in [0, 0.1) is 0 Å². The fourth-order valence-corrected chi connectivity index (χ4v) is 1.63. The molecule has 2 aliphatic rings. The van der Waals surface area contributed by atoms with Crippen LogP contribution in [0.4, 0.5) is 0 Å². The molecule has 0 spiro atoms. The molecule has 1 atom stereocenters. The molecule has 0 aromatic heterocycles. The first-order chi connectivity index (χ1) is 5.29. The van der Waals surface area contributed by atoms with Crippen molar-refractivity contribution in [3.05, 3.63) is 22.3 Å². The van der Waals surface area contributed by atoms with Gasteiger partial charge in [-0.25, -0.2) is 0 Å². The molecule has 0 aromatic rings. The lowest BCUT2D eigenvalue weighted by atomic mass is 10.1. The first-order valence-electron chi connectivity index (χ1n) is 3.19. The summed E-state index contributed by atoms with van der Waals surface area (Å²) in [6.45, 7) is 0. The lowest BCUT2D eigenvalue weighted by Crippen LogP contribution is -2.30. The van der Waals surface area contributed by atoms with E-state index < -0.39 is 0 Å². The van der Waals surface area contributed by atoms with E-state index in [1.807, 2.05) is 0 Å². The number of allylic oxidation sites excluding steroid dienone is 2. The number of carbonyl (C=O) groups is 1. The Morgan fingerprint density at radius 1 is 1.64 bits per heavy atom. The van der Waals surface area contributed by atoms with Crippen LogP contribution in [0.3, 0.4) is 0 Å². The predicted molar refractivity (Wildman–Crippen MR) is 45.5 cm³/mol. The van der Waals surface area contributed by atoms with Gasteiger partial charge >= 0.3 is 0 Å². The summed E-state index contributed by atoms with van der Waals surface area (Å²) in [7, 11) is 0. The third kappa shape index (κ3) is 0.939. The third-order valence-electron chi connectivity index (χ3n) is 1.62. The van der Waals surface area contributed by atoms with Crippen LogP contribution in [0.2, 0.25) is 0 Å². The van der Waals surface area contributed by atoms with Crippen molar-refractivity contribution >= 4 is 27.9 Å². The van der Waals surface area contributed by atoms with E-state index in [4.69, 9.17) is 0 Å². The van der Waals surface area contributed by atoms with E-state index in [0.717, 1.165) is 4.48 Å². The van der Waals surface area contributed by atoms with Crippen LogP contribution in [0.5, 0.6) is 0 Å². The summed E-state index contributed by atoms with van der Waals surface area (Å²) in [5, 5.41) is 2.95. The molecule has 0 fully saturated rings. The zero-order valence-corrected chi connectivity index (χ0v) is 7.13. The Labute approximate surface area is 72.0 Å². The van der Waals surface area contributed by atoms with Crippen LogP contribution < -0.4 is 5.32 Å². The maximum atomic E-state index is 11.2. The average Bonchev–Trinajstić information content (AvgIpc) is 2.34. The summed E-state index contributed by atoms with van der Waals surface area (Å²) in [5.41, 5.74) is 0.701. The lowest BCUT2D eigenvalue weighted by molar-refractivity contribution is -0.111. The smallest absolute Gasteiger partial charge is 0.188 e. The summed E-state index contributed by atoms with van der Waals surface area (Å²) < 4.78 is 0.782. The van der Waals surface area contributed by atoms with Crippen molar-refractivity contribution in [2.75, 3.05) is 0 Å². The van der Waals surface area contributed by atoms with Gasteiger partial charge in [-0.15, -0.1) is 0 Å². The molecule has 56 valence electrons. The summed E-state index contributed by atoms with van der Waals surface area (Å²) in [6, 6.07) is 0. The molecule has 11 heavy (non-hydrogen) atoms. The zero-order chi connectivity index (χ0) is 7.84. The molecular weight excluding hydrogens is 208 g/mol. The lowest BCUT2D eigenvalue weighted by Gasteiger charge is -2.14. The van der Waals surface area contributed by atoms with E-state index in [0.29, 0.717) is 5.57 Å². The fraction of sp³-hybridized carbons (Fsp3) is 0.143. The van der Waals surface area contributed by atoms with Crippen LogP contribution in [0.15, 0.2) is 27.3 Å². The van der Waals surface area contributed by atoms with E-state index in [-0.39, 0.29) is 11.9 Å². The number of nitrogens with zero attached hydrogens (tertiary/aromatic N) is 1. The van der Waals surface area contributed by atoms with Crippen LogP contribution in [0.1, 0.15) is 0 Å². The van der Waals surface area contributed by atoms with Crippen molar-refractivity contribution in [3.63, 3.8) is 0 Å². The molecule has 3 nitrogen and oxygen atoms in total. The van der Waals surface area contributed by atoms with E-state index in [1.165, 1.54) is 6.08 Å². The number of rotatable bonds is 0. The van der Waals surface area contributed by atoms with Crippen LogP contribution >= 0.6 is 15.9 Å². The number of fused-ring (bicyclic) bond motifs is 1. The summed E-state index contributed by atoms with van der Waals surface area (Å²) in [4.78, 5) is 15.3. The minimum Gasteiger partial charge on any atom is -0.366 e. The van der Waals surface area contributed by atoms with Crippen LogP contribution in [0.25, 0.3) is 0 Å². The standard InChI is InChI=1S/C7H5BrN2O/c8-4-3-10-7-6(4)5(11)1-2-9-7/h1-3,7,9H/t7-/m1/s1. The average molecular weight is 213 g/mol. The molecule has 2 heterocycles. The molecule has 1 N–H and O–H groups in total. The van der Waals surface area contributed by atoms with Crippen molar-refractivity contribution in [2.24, 2.45) is 4.99 Å². The van der Waals surface area contributed by atoms with Gasteiger partial charge in [0.05, 0.1) is 5.57 Å². The van der Waals surface area contributed by atoms with E-state index in [2.05, 4.69) is 26.2 Å². The normalized spacial score (nSPS) is 27.4. The van der Waals surface area contributed by atoms with Gasteiger partial charge in [0.2, 0.25) is 0 Å². The largest absolute Gasteiger partial charge is 0.366 e. The number of hydrogen-bond acceptors (Lipinski definition) is 3. The molecule has 0 amide bonds. The zero-order valence-electron chi connectivity index (χ0n) is 5.54. The molecule has 0 saturated heterocycles. The van der Waals surface area contributed by atoms with Crippen molar-refractivity contribution in [2.45, 2.75) is 6.17 Å².